The van der Waals surface area contributed by atoms with Crippen LogP contribution in [-0.2, 0) is 19.9 Å². The first-order valence-corrected chi connectivity index (χ1v) is 7.48. The molecule has 0 radical (unpaired) electrons. The van der Waals surface area contributed by atoms with Gasteiger partial charge in [-0.05, 0) is 31.2 Å². The Kier molecular flexibility index (Phi) is 4.81. The molecule has 3 nitrogen and oxygen atoms in total. The third-order valence-electron chi connectivity index (χ3n) is 4.34. The van der Waals surface area contributed by atoms with Gasteiger partial charge in [0.25, 0.3) is 0 Å². The van der Waals surface area contributed by atoms with E-state index in [1.807, 2.05) is 11.7 Å². The molecule has 0 saturated heterocycles. The maximum absolute atomic E-state index is 6.43. The Bertz CT molecular complexity index is 362. The van der Waals surface area contributed by atoms with Crippen molar-refractivity contribution in [2.75, 3.05) is 0 Å². The average Bonchev–Trinajstić information content (AvgIpc) is 2.59. The minimum atomic E-state index is 0.309. The van der Waals surface area contributed by atoms with Crippen molar-refractivity contribution in [1.29, 1.82) is 0 Å². The first kappa shape index (κ1) is 13.6. The SMILES string of the molecule is CCc1cc(CC(N)C2CCCCCC2)n(C)n1. The standard InChI is InChI=1S/C15H27N3/c1-3-13-10-14(18(2)17-13)11-15(16)12-8-6-4-5-7-9-12/h10,12,15H,3-9,11,16H2,1-2H3. The zero-order chi connectivity index (χ0) is 13.0. The quantitative estimate of drug-likeness (QED) is 0.834. The van der Waals surface area contributed by atoms with Crippen LogP contribution in [0.5, 0.6) is 0 Å². The van der Waals surface area contributed by atoms with E-state index in [1.54, 1.807) is 0 Å². The van der Waals surface area contributed by atoms with Gasteiger partial charge in [-0.3, -0.25) is 4.68 Å². The molecule has 102 valence electrons. The van der Waals surface area contributed by atoms with Gasteiger partial charge >= 0.3 is 0 Å². The Hall–Kier alpha value is -0.830. The topological polar surface area (TPSA) is 43.8 Å². The molecule has 1 aromatic rings. The van der Waals surface area contributed by atoms with Crippen molar-refractivity contribution < 1.29 is 0 Å². The predicted octanol–water partition coefficient (Wildman–Crippen LogP) is 2.82. The van der Waals surface area contributed by atoms with Gasteiger partial charge < -0.3 is 5.73 Å². The van der Waals surface area contributed by atoms with Gasteiger partial charge in [-0.2, -0.15) is 5.10 Å². The highest BCUT2D eigenvalue weighted by Crippen LogP contribution is 2.26. The molecule has 3 heteroatoms. The van der Waals surface area contributed by atoms with Crippen molar-refractivity contribution >= 4 is 0 Å². The monoisotopic (exact) mass is 249 g/mol. The lowest BCUT2D eigenvalue weighted by molar-refractivity contribution is 0.367. The number of nitrogens with zero attached hydrogens (tertiary/aromatic N) is 2. The molecular weight excluding hydrogens is 222 g/mol. The summed E-state index contributed by atoms with van der Waals surface area (Å²) < 4.78 is 2.01. The number of hydrogen-bond acceptors (Lipinski definition) is 2. The predicted molar refractivity (Wildman–Crippen MR) is 75.5 cm³/mol. The normalized spacial score (nSPS) is 19.7. The van der Waals surface area contributed by atoms with Gasteiger partial charge in [-0.15, -0.1) is 0 Å². The fourth-order valence-electron chi connectivity index (χ4n) is 3.08. The second kappa shape index (κ2) is 6.37. The molecule has 0 aromatic carbocycles. The number of hydrogen-bond donors (Lipinski definition) is 1. The van der Waals surface area contributed by atoms with Crippen LogP contribution in [0.1, 0.15) is 56.8 Å². The lowest BCUT2D eigenvalue weighted by atomic mass is 9.89. The summed E-state index contributed by atoms with van der Waals surface area (Å²) in [5.41, 5.74) is 8.90. The third-order valence-corrected chi connectivity index (χ3v) is 4.34. The Morgan fingerprint density at radius 3 is 2.56 bits per heavy atom. The van der Waals surface area contributed by atoms with Crippen molar-refractivity contribution in [3.05, 3.63) is 17.5 Å². The van der Waals surface area contributed by atoms with E-state index in [4.69, 9.17) is 5.73 Å². The van der Waals surface area contributed by atoms with Crippen molar-refractivity contribution in [3.8, 4) is 0 Å². The zero-order valence-corrected chi connectivity index (χ0v) is 11.9. The number of nitrogens with two attached hydrogens (primary N) is 1. The minimum Gasteiger partial charge on any atom is -0.327 e. The van der Waals surface area contributed by atoms with Crippen LogP contribution in [0.25, 0.3) is 0 Å². The molecule has 1 heterocycles. The van der Waals surface area contributed by atoms with Crippen LogP contribution in [0.2, 0.25) is 0 Å². The van der Waals surface area contributed by atoms with E-state index >= 15 is 0 Å². The summed E-state index contributed by atoms with van der Waals surface area (Å²) in [6.45, 7) is 2.15. The molecule has 1 unspecified atom stereocenters. The van der Waals surface area contributed by atoms with Crippen LogP contribution in [0, 0.1) is 5.92 Å². The average molecular weight is 249 g/mol. The molecule has 1 saturated carbocycles. The summed E-state index contributed by atoms with van der Waals surface area (Å²) in [6.07, 6.45) is 10.2. The molecule has 0 spiro atoms. The van der Waals surface area contributed by atoms with Crippen molar-refractivity contribution in [2.24, 2.45) is 18.7 Å². The van der Waals surface area contributed by atoms with Crippen molar-refractivity contribution in [3.63, 3.8) is 0 Å². The molecule has 2 N–H and O–H groups in total. The number of aromatic nitrogens is 2. The highest BCUT2D eigenvalue weighted by Gasteiger charge is 2.21. The number of rotatable bonds is 4. The maximum Gasteiger partial charge on any atom is 0.0624 e. The molecule has 1 aliphatic rings. The summed E-state index contributed by atoms with van der Waals surface area (Å²) in [5, 5.41) is 4.51. The van der Waals surface area contributed by atoms with Crippen LogP contribution in [-0.4, -0.2) is 15.8 Å². The lowest BCUT2D eigenvalue weighted by Crippen LogP contribution is -2.32. The van der Waals surface area contributed by atoms with E-state index < -0.39 is 0 Å². The van der Waals surface area contributed by atoms with Gasteiger partial charge in [0.05, 0.1) is 5.69 Å². The van der Waals surface area contributed by atoms with Gasteiger partial charge in [0.1, 0.15) is 0 Å². The third kappa shape index (κ3) is 3.35. The van der Waals surface area contributed by atoms with E-state index in [0.29, 0.717) is 12.0 Å². The highest BCUT2D eigenvalue weighted by molar-refractivity contribution is 5.11. The first-order valence-electron chi connectivity index (χ1n) is 7.48. The summed E-state index contributed by atoms with van der Waals surface area (Å²) in [5.74, 6) is 0.715. The molecule has 1 atom stereocenters. The summed E-state index contributed by atoms with van der Waals surface area (Å²) in [4.78, 5) is 0. The molecule has 0 aliphatic heterocycles. The summed E-state index contributed by atoms with van der Waals surface area (Å²) in [6, 6.07) is 2.53. The van der Waals surface area contributed by atoms with Crippen LogP contribution < -0.4 is 5.73 Å². The zero-order valence-electron chi connectivity index (χ0n) is 11.9. The van der Waals surface area contributed by atoms with E-state index in [1.165, 1.54) is 49.9 Å². The molecule has 0 bridgehead atoms. The minimum absolute atomic E-state index is 0.309. The molecule has 1 fully saturated rings. The fraction of sp³-hybridized carbons (Fsp3) is 0.800. The van der Waals surface area contributed by atoms with Crippen LogP contribution in [0.4, 0.5) is 0 Å². The molecule has 18 heavy (non-hydrogen) atoms. The Balaban J connectivity index is 1.96. The Labute approximate surface area is 111 Å². The second-order valence-corrected chi connectivity index (χ2v) is 5.72. The van der Waals surface area contributed by atoms with Crippen LogP contribution in [0.3, 0.4) is 0 Å². The molecular formula is C15H27N3. The van der Waals surface area contributed by atoms with Gasteiger partial charge in [0.2, 0.25) is 0 Å². The second-order valence-electron chi connectivity index (χ2n) is 5.72. The smallest absolute Gasteiger partial charge is 0.0624 e. The van der Waals surface area contributed by atoms with Gasteiger partial charge in [-0.25, -0.2) is 0 Å². The Morgan fingerprint density at radius 1 is 1.33 bits per heavy atom. The summed E-state index contributed by atoms with van der Waals surface area (Å²) >= 11 is 0. The van der Waals surface area contributed by atoms with E-state index in [9.17, 15) is 0 Å². The van der Waals surface area contributed by atoms with Crippen molar-refractivity contribution in [1.82, 2.24) is 9.78 Å². The van der Waals surface area contributed by atoms with E-state index in [-0.39, 0.29) is 0 Å². The largest absolute Gasteiger partial charge is 0.327 e. The molecule has 2 rings (SSSR count). The molecule has 1 aromatic heterocycles. The number of aryl methyl sites for hydroxylation is 2. The highest BCUT2D eigenvalue weighted by atomic mass is 15.3. The lowest BCUT2D eigenvalue weighted by Gasteiger charge is -2.22. The van der Waals surface area contributed by atoms with Crippen LogP contribution >= 0.6 is 0 Å². The van der Waals surface area contributed by atoms with Crippen LogP contribution in [0.15, 0.2) is 6.07 Å². The van der Waals surface area contributed by atoms with Gasteiger partial charge in [0, 0.05) is 25.2 Å². The first-order chi connectivity index (χ1) is 8.70. The molecule has 0 amide bonds. The summed E-state index contributed by atoms with van der Waals surface area (Å²) in [7, 11) is 2.04. The van der Waals surface area contributed by atoms with Crippen molar-refractivity contribution in [2.45, 2.75) is 64.3 Å². The molecule has 1 aliphatic carbocycles. The van der Waals surface area contributed by atoms with E-state index in [2.05, 4.69) is 18.1 Å². The van der Waals surface area contributed by atoms with E-state index in [0.717, 1.165) is 12.8 Å². The maximum atomic E-state index is 6.43. The van der Waals surface area contributed by atoms with Gasteiger partial charge in [0.15, 0.2) is 0 Å². The fourth-order valence-corrected chi connectivity index (χ4v) is 3.08. The van der Waals surface area contributed by atoms with Gasteiger partial charge in [-0.1, -0.05) is 32.6 Å². The Morgan fingerprint density at radius 2 is 2.00 bits per heavy atom.